The summed E-state index contributed by atoms with van der Waals surface area (Å²) in [6.45, 7) is 1.38. The number of nitrogens with zero attached hydrogens (tertiary/aromatic N) is 1. The number of hydrogen-bond donors (Lipinski definition) is 2. The van der Waals surface area contributed by atoms with Crippen LogP contribution in [0.2, 0.25) is 0 Å². The largest absolute Gasteiger partial charge is 0.340 e. The molecule has 2 N–H and O–H groups in total. The number of anilines is 2. The molecule has 5 heteroatoms. The summed E-state index contributed by atoms with van der Waals surface area (Å²) in [5, 5.41) is 5.40. The van der Waals surface area contributed by atoms with Crippen LogP contribution in [0.25, 0.3) is 0 Å². The number of carbonyl (C=O) groups is 1. The number of aromatic amines is 1. The number of H-pyrrole nitrogens is 1. The monoisotopic (exact) mass is 217 g/mol. The first-order chi connectivity index (χ1) is 7.66. The third-order valence-corrected chi connectivity index (χ3v) is 2.09. The Morgan fingerprint density at radius 2 is 2.00 bits per heavy atom. The number of benzene rings is 1. The maximum Gasteiger partial charge on any atom is 0.266 e. The second kappa shape index (κ2) is 4.06. The van der Waals surface area contributed by atoms with Gasteiger partial charge in [-0.3, -0.25) is 14.7 Å². The number of rotatable bonds is 2. The molecule has 0 bridgehead atoms. The van der Waals surface area contributed by atoms with Gasteiger partial charge in [0.15, 0.2) is 0 Å². The first-order valence-corrected chi connectivity index (χ1v) is 4.82. The maximum atomic E-state index is 11.2. The SMILES string of the molecule is CC(=O)n1[nH]c(=O)cc1Nc1ccccc1. The van der Waals surface area contributed by atoms with Crippen molar-refractivity contribution in [3.8, 4) is 0 Å². The summed E-state index contributed by atoms with van der Waals surface area (Å²) >= 11 is 0. The summed E-state index contributed by atoms with van der Waals surface area (Å²) in [5.74, 6) is 0.184. The van der Waals surface area contributed by atoms with Crippen molar-refractivity contribution < 1.29 is 4.79 Å². The van der Waals surface area contributed by atoms with Gasteiger partial charge in [-0.25, -0.2) is 4.68 Å². The highest BCUT2D eigenvalue weighted by Gasteiger charge is 2.07. The van der Waals surface area contributed by atoms with Crippen molar-refractivity contribution >= 4 is 17.4 Å². The van der Waals surface area contributed by atoms with Gasteiger partial charge in [0, 0.05) is 18.7 Å². The van der Waals surface area contributed by atoms with Crippen molar-refractivity contribution in [1.29, 1.82) is 0 Å². The van der Waals surface area contributed by atoms with E-state index in [9.17, 15) is 9.59 Å². The van der Waals surface area contributed by atoms with Crippen LogP contribution >= 0.6 is 0 Å². The number of aromatic nitrogens is 2. The molecule has 0 aliphatic rings. The summed E-state index contributed by atoms with van der Waals surface area (Å²) in [6, 6.07) is 10.7. The minimum absolute atomic E-state index is 0.250. The van der Waals surface area contributed by atoms with Gasteiger partial charge in [0.05, 0.1) is 0 Å². The highest BCUT2D eigenvalue weighted by Crippen LogP contribution is 2.13. The summed E-state index contributed by atoms with van der Waals surface area (Å²) in [5.41, 5.74) is 0.505. The van der Waals surface area contributed by atoms with Crippen molar-refractivity contribution in [1.82, 2.24) is 9.78 Å². The van der Waals surface area contributed by atoms with Gasteiger partial charge in [0.2, 0.25) is 5.91 Å². The Morgan fingerprint density at radius 3 is 2.62 bits per heavy atom. The molecule has 16 heavy (non-hydrogen) atoms. The molecule has 0 atom stereocenters. The molecule has 5 nitrogen and oxygen atoms in total. The zero-order valence-corrected chi connectivity index (χ0v) is 8.73. The van der Waals surface area contributed by atoms with E-state index in [1.165, 1.54) is 17.7 Å². The summed E-state index contributed by atoms with van der Waals surface area (Å²) in [6.07, 6.45) is 0. The number of para-hydroxylation sites is 1. The molecule has 0 radical (unpaired) electrons. The smallest absolute Gasteiger partial charge is 0.266 e. The van der Waals surface area contributed by atoms with Crippen LogP contribution in [0.3, 0.4) is 0 Å². The van der Waals surface area contributed by atoms with Crippen molar-refractivity contribution in [3.05, 3.63) is 46.8 Å². The molecule has 2 aromatic rings. The van der Waals surface area contributed by atoms with E-state index < -0.39 is 0 Å². The molecule has 0 unspecified atom stereocenters. The summed E-state index contributed by atoms with van der Waals surface area (Å²) in [4.78, 5) is 22.4. The molecule has 0 aliphatic heterocycles. The third-order valence-electron chi connectivity index (χ3n) is 2.09. The first kappa shape index (κ1) is 10.2. The normalized spacial score (nSPS) is 10.1. The Kier molecular flexibility index (Phi) is 2.59. The van der Waals surface area contributed by atoms with Crippen molar-refractivity contribution in [3.63, 3.8) is 0 Å². The van der Waals surface area contributed by atoms with Crippen LogP contribution in [0.5, 0.6) is 0 Å². The zero-order chi connectivity index (χ0) is 11.5. The molecular weight excluding hydrogens is 206 g/mol. The molecule has 0 spiro atoms. The molecule has 2 rings (SSSR count). The molecule has 0 amide bonds. The van der Waals surface area contributed by atoms with Gasteiger partial charge >= 0.3 is 0 Å². The van der Waals surface area contributed by atoms with Gasteiger partial charge in [0.25, 0.3) is 5.56 Å². The molecule has 82 valence electrons. The van der Waals surface area contributed by atoms with E-state index in [1.807, 2.05) is 30.3 Å². The molecule has 0 fully saturated rings. The van der Waals surface area contributed by atoms with Gasteiger partial charge in [-0.1, -0.05) is 18.2 Å². The molecule has 0 aliphatic carbocycles. The molecular formula is C11H11N3O2. The number of nitrogens with one attached hydrogen (secondary N) is 2. The highest BCUT2D eigenvalue weighted by atomic mass is 16.2. The Bertz CT molecular complexity index is 554. The van der Waals surface area contributed by atoms with E-state index in [-0.39, 0.29) is 11.5 Å². The van der Waals surface area contributed by atoms with Crippen LogP contribution in [-0.2, 0) is 0 Å². The van der Waals surface area contributed by atoms with Gasteiger partial charge in [-0.05, 0) is 12.1 Å². The molecule has 1 aromatic heterocycles. The lowest BCUT2D eigenvalue weighted by atomic mass is 10.3. The first-order valence-electron chi connectivity index (χ1n) is 4.82. The van der Waals surface area contributed by atoms with Crippen molar-refractivity contribution in [2.45, 2.75) is 6.92 Å². The second-order valence-corrected chi connectivity index (χ2v) is 3.35. The minimum Gasteiger partial charge on any atom is -0.340 e. The standard InChI is InChI=1S/C11H11N3O2/c1-8(15)14-10(7-11(16)13-14)12-9-5-3-2-4-6-9/h2-7,12H,1H3,(H,13,16). The Balaban J connectivity index is 2.35. The average molecular weight is 217 g/mol. The van der Waals surface area contributed by atoms with Gasteiger partial charge < -0.3 is 5.32 Å². The predicted octanol–water partition coefficient (Wildman–Crippen LogP) is 1.58. The van der Waals surface area contributed by atoms with E-state index in [4.69, 9.17) is 0 Å². The predicted molar refractivity (Wildman–Crippen MR) is 61.1 cm³/mol. The maximum absolute atomic E-state index is 11.2. The molecule has 1 aromatic carbocycles. The number of carbonyl (C=O) groups excluding carboxylic acids is 1. The van der Waals surface area contributed by atoms with E-state index in [2.05, 4.69) is 10.4 Å². The lowest BCUT2D eigenvalue weighted by molar-refractivity contribution is 0.0923. The molecule has 0 saturated carbocycles. The summed E-state index contributed by atoms with van der Waals surface area (Å²) in [7, 11) is 0. The fourth-order valence-corrected chi connectivity index (χ4v) is 1.40. The highest BCUT2D eigenvalue weighted by molar-refractivity contribution is 5.79. The average Bonchev–Trinajstić information content (AvgIpc) is 2.61. The molecule has 1 heterocycles. The summed E-state index contributed by atoms with van der Waals surface area (Å²) < 4.78 is 1.18. The molecule has 0 saturated heterocycles. The Hall–Kier alpha value is -2.30. The van der Waals surface area contributed by atoms with Crippen LogP contribution < -0.4 is 10.9 Å². The topological polar surface area (TPSA) is 66.9 Å². The minimum atomic E-state index is -0.311. The van der Waals surface area contributed by atoms with Gasteiger partial charge in [-0.2, -0.15) is 0 Å². The van der Waals surface area contributed by atoms with E-state index in [0.717, 1.165) is 5.69 Å². The van der Waals surface area contributed by atoms with E-state index >= 15 is 0 Å². The van der Waals surface area contributed by atoms with Crippen LogP contribution in [0.15, 0.2) is 41.2 Å². The van der Waals surface area contributed by atoms with Crippen LogP contribution in [-0.4, -0.2) is 15.7 Å². The fraction of sp³-hybridized carbons (Fsp3) is 0.0909. The van der Waals surface area contributed by atoms with Gasteiger partial charge in [0.1, 0.15) is 5.82 Å². The third kappa shape index (κ3) is 2.03. The fourth-order valence-electron chi connectivity index (χ4n) is 1.40. The van der Waals surface area contributed by atoms with E-state index in [0.29, 0.717) is 5.82 Å². The van der Waals surface area contributed by atoms with Gasteiger partial charge in [-0.15, -0.1) is 0 Å². The van der Waals surface area contributed by atoms with Crippen molar-refractivity contribution in [2.24, 2.45) is 0 Å². The number of hydrogen-bond acceptors (Lipinski definition) is 3. The van der Waals surface area contributed by atoms with Crippen molar-refractivity contribution in [2.75, 3.05) is 5.32 Å². The lowest BCUT2D eigenvalue weighted by Crippen LogP contribution is -2.13. The second-order valence-electron chi connectivity index (χ2n) is 3.35. The lowest BCUT2D eigenvalue weighted by Gasteiger charge is -2.06. The Labute approximate surface area is 91.7 Å². The Morgan fingerprint density at radius 1 is 1.31 bits per heavy atom. The van der Waals surface area contributed by atoms with Crippen LogP contribution in [0.4, 0.5) is 11.5 Å². The zero-order valence-electron chi connectivity index (χ0n) is 8.73. The van der Waals surface area contributed by atoms with E-state index in [1.54, 1.807) is 0 Å². The van der Waals surface area contributed by atoms with Crippen LogP contribution in [0.1, 0.15) is 11.7 Å². The van der Waals surface area contributed by atoms with Crippen LogP contribution in [0, 0.1) is 0 Å². The quantitative estimate of drug-likeness (QED) is 0.802.